The zero-order valence-corrected chi connectivity index (χ0v) is 12.4. The van der Waals surface area contributed by atoms with Crippen LogP contribution >= 0.6 is 39.9 Å². The molecule has 1 saturated heterocycles. The summed E-state index contributed by atoms with van der Waals surface area (Å²) in [5.41, 5.74) is 1.49. The Morgan fingerprint density at radius 2 is 1.80 bits per heavy atom. The van der Waals surface area contributed by atoms with Gasteiger partial charge in [-0.25, -0.2) is 0 Å². The fourth-order valence-corrected chi connectivity index (χ4v) is 13.0. The smallest absolute Gasteiger partial charge is 0.0617 e. The molecule has 82 valence electrons. The Balaban J connectivity index is 2.42. The fourth-order valence-electron chi connectivity index (χ4n) is 1.73. The van der Waals surface area contributed by atoms with Gasteiger partial charge in [-0.2, -0.15) is 0 Å². The van der Waals surface area contributed by atoms with Gasteiger partial charge in [0.15, 0.2) is 0 Å². The highest BCUT2D eigenvalue weighted by molar-refractivity contribution is 9.18. The van der Waals surface area contributed by atoms with Gasteiger partial charge in [-0.15, -0.1) is 0 Å². The van der Waals surface area contributed by atoms with Gasteiger partial charge in [-0.3, -0.25) is 0 Å². The molecule has 0 amide bonds. The highest BCUT2D eigenvalue weighted by Gasteiger charge is 2.46. The van der Waals surface area contributed by atoms with Crippen LogP contribution in [0.15, 0.2) is 24.3 Å². The Hall–Kier alpha value is 0.700. The van der Waals surface area contributed by atoms with E-state index in [0.717, 1.165) is 0 Å². The zero-order chi connectivity index (χ0) is 10.9. The molecule has 0 radical (unpaired) electrons. The van der Waals surface area contributed by atoms with E-state index < -0.39 is 4.87 Å². The van der Waals surface area contributed by atoms with E-state index in [1.54, 1.807) is 0 Å². The number of benzene rings is 1. The molecule has 0 aliphatic carbocycles. The highest BCUT2D eigenvalue weighted by Crippen LogP contribution is 2.85. The largest absolute Gasteiger partial charge is 0.219 e. The van der Waals surface area contributed by atoms with Crippen LogP contribution in [-0.2, 0) is 0 Å². The van der Waals surface area contributed by atoms with Crippen molar-refractivity contribution in [3.05, 3.63) is 29.8 Å². The van der Waals surface area contributed by atoms with Gasteiger partial charge < -0.3 is 0 Å². The molecule has 4 heteroatoms. The van der Waals surface area contributed by atoms with Gasteiger partial charge in [0.1, 0.15) is 5.30 Å². The minimum atomic E-state index is -1.24. The van der Waals surface area contributed by atoms with E-state index in [-0.39, 0.29) is 0 Å². The summed E-state index contributed by atoms with van der Waals surface area (Å²) in [7, 11) is 0. The monoisotopic (exact) mass is 275 g/mol. The Morgan fingerprint density at radius 3 is 2.40 bits per heavy atom. The molecule has 2 rings (SSSR count). The summed E-state index contributed by atoms with van der Waals surface area (Å²) < 4.78 is 0. The summed E-state index contributed by atoms with van der Waals surface area (Å²) in [5, 5.41) is 1.51. The van der Waals surface area contributed by atoms with Crippen molar-refractivity contribution in [3.8, 4) is 0 Å². The van der Waals surface area contributed by atoms with Gasteiger partial charge in [0, 0.05) is 46.5 Å². The van der Waals surface area contributed by atoms with E-state index in [4.69, 9.17) is 12.2 Å². The van der Waals surface area contributed by atoms with E-state index in [2.05, 4.69) is 60.9 Å². The van der Waals surface area contributed by atoms with Crippen molar-refractivity contribution in [2.75, 3.05) is 11.5 Å². The number of thiol groups is 1. The molecular weight excluding hydrogens is 259 g/mol. The average Bonchev–Trinajstić information content (AvgIpc) is 2.66. The summed E-state index contributed by atoms with van der Waals surface area (Å²) in [6.45, 7) is 4.54. The number of hydrogen-bond donors (Lipinski definition) is 1. The molecule has 1 aromatic carbocycles. The van der Waals surface area contributed by atoms with E-state index in [1.165, 1.54) is 22.4 Å². The Bertz CT molecular complexity index is 345. The molecule has 0 saturated carbocycles. The van der Waals surface area contributed by atoms with Crippen LogP contribution in [0.3, 0.4) is 0 Å². The molecule has 1 fully saturated rings. The lowest BCUT2D eigenvalue weighted by Gasteiger charge is -2.16. The minimum Gasteiger partial charge on any atom is -0.0617 e. The molecule has 0 aromatic heterocycles. The molecule has 0 nitrogen and oxygen atoms in total. The second-order valence-electron chi connectivity index (χ2n) is 3.90. The maximum Gasteiger partial charge on any atom is 0.219 e. The second-order valence-corrected chi connectivity index (χ2v) is 15.7. The van der Waals surface area contributed by atoms with Crippen molar-refractivity contribution in [1.29, 1.82) is 0 Å². The SMILES string of the molecule is CC(C)c1ccccc1[P+]1(S)SCCS1. The number of hydrogen-bond acceptors (Lipinski definition) is 3. The van der Waals surface area contributed by atoms with Crippen LogP contribution in [0.2, 0.25) is 0 Å². The predicted molar refractivity (Wildman–Crippen MR) is 81.0 cm³/mol. The van der Waals surface area contributed by atoms with Gasteiger partial charge in [0.2, 0.25) is 4.87 Å². The lowest BCUT2D eigenvalue weighted by atomic mass is 10.0. The van der Waals surface area contributed by atoms with Crippen LogP contribution in [0.1, 0.15) is 25.3 Å². The van der Waals surface area contributed by atoms with Crippen LogP contribution in [0, 0.1) is 0 Å². The second kappa shape index (κ2) is 4.91. The molecule has 1 aliphatic heterocycles. The quantitative estimate of drug-likeness (QED) is 0.618. The molecule has 0 atom stereocenters. The zero-order valence-electron chi connectivity index (χ0n) is 9.01. The first-order valence-corrected chi connectivity index (χ1v) is 11.3. The third-order valence-electron chi connectivity index (χ3n) is 2.48. The molecule has 1 aromatic rings. The van der Waals surface area contributed by atoms with Crippen LogP contribution in [0.5, 0.6) is 0 Å². The Morgan fingerprint density at radius 1 is 1.20 bits per heavy atom. The van der Waals surface area contributed by atoms with Gasteiger partial charge in [-0.1, -0.05) is 32.0 Å². The third-order valence-corrected chi connectivity index (χ3v) is 14.2. The fraction of sp³-hybridized carbons (Fsp3) is 0.455. The molecule has 15 heavy (non-hydrogen) atoms. The molecule has 1 aliphatic rings. The first kappa shape index (κ1) is 12.2. The minimum absolute atomic E-state index is 0.604. The van der Waals surface area contributed by atoms with Gasteiger partial charge in [0.25, 0.3) is 0 Å². The van der Waals surface area contributed by atoms with Gasteiger partial charge in [0.05, 0.1) is 0 Å². The maximum absolute atomic E-state index is 4.97. The van der Waals surface area contributed by atoms with E-state index in [1.807, 2.05) is 0 Å². The van der Waals surface area contributed by atoms with Crippen molar-refractivity contribution in [1.82, 2.24) is 0 Å². The summed E-state index contributed by atoms with van der Waals surface area (Å²) >= 11 is 9.11. The van der Waals surface area contributed by atoms with Crippen molar-refractivity contribution in [2.45, 2.75) is 19.8 Å². The normalized spacial score (nSPS) is 19.7. The average molecular weight is 275 g/mol. The summed E-state index contributed by atoms with van der Waals surface area (Å²) in [5.74, 6) is 3.12. The summed E-state index contributed by atoms with van der Waals surface area (Å²) in [6.07, 6.45) is 0. The highest BCUT2D eigenvalue weighted by atomic mass is 33.4. The van der Waals surface area contributed by atoms with Crippen LogP contribution < -0.4 is 5.30 Å². The van der Waals surface area contributed by atoms with Gasteiger partial charge in [-0.05, 0) is 17.5 Å². The van der Waals surface area contributed by atoms with Crippen molar-refractivity contribution < 1.29 is 0 Å². The lowest BCUT2D eigenvalue weighted by Crippen LogP contribution is -2.09. The lowest BCUT2D eigenvalue weighted by molar-refractivity contribution is 0.874. The number of rotatable bonds is 2. The van der Waals surface area contributed by atoms with Crippen LogP contribution in [0.25, 0.3) is 0 Å². The van der Waals surface area contributed by atoms with E-state index >= 15 is 0 Å². The molecule has 0 N–H and O–H groups in total. The maximum atomic E-state index is 4.97. The van der Waals surface area contributed by atoms with E-state index in [9.17, 15) is 0 Å². The van der Waals surface area contributed by atoms with Crippen molar-refractivity contribution in [2.24, 2.45) is 0 Å². The summed E-state index contributed by atoms with van der Waals surface area (Å²) in [6, 6.07) is 8.83. The Labute approximate surface area is 106 Å². The molecule has 0 spiro atoms. The molecule has 0 unspecified atom stereocenters. The van der Waals surface area contributed by atoms with Crippen molar-refractivity contribution in [3.63, 3.8) is 0 Å². The molecule has 1 heterocycles. The van der Waals surface area contributed by atoms with Crippen molar-refractivity contribution >= 4 is 45.2 Å². The third kappa shape index (κ3) is 2.52. The first-order valence-electron chi connectivity index (χ1n) is 5.14. The Kier molecular flexibility index (Phi) is 3.98. The van der Waals surface area contributed by atoms with Crippen LogP contribution in [-0.4, -0.2) is 11.5 Å². The first-order chi connectivity index (χ1) is 7.13. The van der Waals surface area contributed by atoms with Gasteiger partial charge >= 0.3 is 0 Å². The molecule has 0 bridgehead atoms. The standard InChI is InChI=1S/C11H16PS3/c1-9(2)10-5-3-4-6-11(10)12(13)14-7-8-15-12/h3-6,9,13H,7-8H2,1-2H3/q+1. The van der Waals surface area contributed by atoms with E-state index in [0.29, 0.717) is 5.92 Å². The summed E-state index contributed by atoms with van der Waals surface area (Å²) in [4.78, 5) is -1.24. The predicted octanol–water partition coefficient (Wildman–Crippen LogP) is 4.61. The molecular formula is C11H16PS3+. The van der Waals surface area contributed by atoms with Crippen LogP contribution in [0.4, 0.5) is 0 Å². The topological polar surface area (TPSA) is 0 Å².